The molecule has 5 heteroatoms. The third kappa shape index (κ3) is 4.33. The zero-order valence-corrected chi connectivity index (χ0v) is 21.5. The fourth-order valence-electron chi connectivity index (χ4n) is 6.96. The van der Waals surface area contributed by atoms with Crippen molar-refractivity contribution in [1.29, 1.82) is 0 Å². The van der Waals surface area contributed by atoms with Crippen LogP contribution in [0.3, 0.4) is 0 Å². The first kappa shape index (κ1) is 23.0. The van der Waals surface area contributed by atoms with Crippen molar-refractivity contribution < 1.29 is 4.74 Å². The molecule has 2 atom stereocenters. The molecule has 34 heavy (non-hydrogen) atoms. The molecule has 1 N–H and O–H groups in total. The van der Waals surface area contributed by atoms with Crippen molar-refractivity contribution in [3.63, 3.8) is 0 Å². The van der Waals surface area contributed by atoms with E-state index in [2.05, 4.69) is 28.4 Å². The Hall–Kier alpha value is -1.42. The fraction of sp³-hybridized carbons (Fsp3) is 0.586. The smallest absolute Gasteiger partial charge is 0.146 e. The predicted octanol–water partition coefficient (Wildman–Crippen LogP) is 7.97. The first-order chi connectivity index (χ1) is 16.7. The van der Waals surface area contributed by atoms with Crippen molar-refractivity contribution in [3.05, 3.63) is 45.9 Å². The Kier molecular flexibility index (Phi) is 6.71. The van der Waals surface area contributed by atoms with Gasteiger partial charge in [-0.25, -0.2) is 0 Å². The van der Waals surface area contributed by atoms with Gasteiger partial charge in [-0.2, -0.15) is 0 Å². The number of hydrogen-bond donors (Lipinski definition) is 1. The largest absolute Gasteiger partial charge is 0.487 e. The van der Waals surface area contributed by atoms with Gasteiger partial charge in [-0.1, -0.05) is 67.8 Å². The molecule has 0 amide bonds. The van der Waals surface area contributed by atoms with Gasteiger partial charge >= 0.3 is 0 Å². The second-order valence-corrected chi connectivity index (χ2v) is 11.6. The highest BCUT2D eigenvalue weighted by Gasteiger charge is 2.41. The molecule has 6 rings (SSSR count). The van der Waals surface area contributed by atoms with Gasteiger partial charge < -0.3 is 15.0 Å². The van der Waals surface area contributed by atoms with E-state index in [1.165, 1.54) is 81.0 Å². The van der Waals surface area contributed by atoms with Gasteiger partial charge in [-0.05, 0) is 68.5 Å². The molecule has 2 saturated carbocycles. The highest BCUT2D eigenvalue weighted by molar-refractivity contribution is 6.36. The standard InChI is InChI=1S/C29H36Cl2N2O/c30-20-11-12-23(26(31)17-20)19-15-24-25-18-32-14-13-28(25)34-29(24)27(16-19)33(21-7-3-1-4-8-21)22-9-5-2-6-10-22/h11-12,15-17,21-22,25,28,32H,1-10,13-14,18H2. The summed E-state index contributed by atoms with van der Waals surface area (Å²) in [5.41, 5.74) is 4.95. The van der Waals surface area contributed by atoms with Gasteiger partial charge in [-0.15, -0.1) is 0 Å². The van der Waals surface area contributed by atoms with Gasteiger partial charge in [0.25, 0.3) is 0 Å². The number of hydrogen-bond acceptors (Lipinski definition) is 3. The van der Waals surface area contributed by atoms with Crippen LogP contribution < -0.4 is 15.0 Å². The number of benzene rings is 2. The van der Waals surface area contributed by atoms with Crippen LogP contribution in [-0.4, -0.2) is 31.3 Å². The molecular weight excluding hydrogens is 463 g/mol. The van der Waals surface area contributed by atoms with E-state index in [4.69, 9.17) is 27.9 Å². The summed E-state index contributed by atoms with van der Waals surface area (Å²) in [6.45, 7) is 2.02. The molecule has 2 heterocycles. The zero-order chi connectivity index (χ0) is 23.1. The Balaban J connectivity index is 1.50. The molecule has 2 aromatic carbocycles. The van der Waals surface area contributed by atoms with E-state index in [0.717, 1.165) is 35.8 Å². The Bertz CT molecular complexity index is 1010. The zero-order valence-electron chi connectivity index (χ0n) is 20.0. The number of fused-ring (bicyclic) bond motifs is 3. The molecule has 3 nitrogen and oxygen atoms in total. The molecule has 182 valence electrons. The van der Waals surface area contributed by atoms with Crippen LogP contribution in [0.15, 0.2) is 30.3 Å². The van der Waals surface area contributed by atoms with Gasteiger partial charge in [0.1, 0.15) is 11.9 Å². The number of nitrogens with one attached hydrogen (secondary N) is 1. The molecule has 0 aromatic heterocycles. The Morgan fingerprint density at radius 1 is 0.824 bits per heavy atom. The summed E-state index contributed by atoms with van der Waals surface area (Å²) >= 11 is 13.0. The van der Waals surface area contributed by atoms with E-state index in [9.17, 15) is 0 Å². The van der Waals surface area contributed by atoms with Crippen LogP contribution in [0.1, 0.15) is 82.1 Å². The van der Waals surface area contributed by atoms with Crippen molar-refractivity contribution in [2.45, 2.75) is 94.7 Å². The second kappa shape index (κ2) is 9.91. The normalized spacial score (nSPS) is 25.5. The van der Waals surface area contributed by atoms with Crippen molar-refractivity contribution >= 4 is 28.9 Å². The monoisotopic (exact) mass is 498 g/mol. The van der Waals surface area contributed by atoms with Crippen LogP contribution in [0.4, 0.5) is 5.69 Å². The highest BCUT2D eigenvalue weighted by atomic mass is 35.5. The van der Waals surface area contributed by atoms with Crippen molar-refractivity contribution in [2.24, 2.45) is 0 Å². The lowest BCUT2D eigenvalue weighted by molar-refractivity contribution is 0.172. The van der Waals surface area contributed by atoms with Crippen LogP contribution in [-0.2, 0) is 0 Å². The van der Waals surface area contributed by atoms with Gasteiger partial charge in [0.15, 0.2) is 0 Å². The third-order valence-corrected chi connectivity index (χ3v) is 9.19. The minimum Gasteiger partial charge on any atom is -0.487 e. The maximum atomic E-state index is 6.81. The van der Waals surface area contributed by atoms with Crippen LogP contribution in [0, 0.1) is 0 Å². The fourth-order valence-corrected chi connectivity index (χ4v) is 7.47. The SMILES string of the molecule is Clc1ccc(-c2cc3c(c(N(C4CCCCC4)C4CCCCC4)c2)OC2CCNCC32)c(Cl)c1. The van der Waals surface area contributed by atoms with E-state index < -0.39 is 0 Å². The van der Waals surface area contributed by atoms with Crippen LogP contribution in [0.5, 0.6) is 5.75 Å². The summed E-state index contributed by atoms with van der Waals surface area (Å²) in [6, 6.07) is 11.9. The lowest BCUT2D eigenvalue weighted by Gasteiger charge is -2.44. The Labute approximate surface area is 214 Å². The minimum absolute atomic E-state index is 0.283. The molecule has 2 aliphatic heterocycles. The number of ether oxygens (including phenoxy) is 1. The number of rotatable bonds is 4. The summed E-state index contributed by atoms with van der Waals surface area (Å²) in [6.07, 6.45) is 14.7. The first-order valence-corrected chi connectivity index (χ1v) is 14.2. The summed E-state index contributed by atoms with van der Waals surface area (Å²) in [7, 11) is 0. The molecule has 0 radical (unpaired) electrons. The van der Waals surface area contributed by atoms with Crippen molar-refractivity contribution in [2.75, 3.05) is 18.0 Å². The Morgan fingerprint density at radius 3 is 2.21 bits per heavy atom. The maximum absolute atomic E-state index is 6.81. The average Bonchev–Trinajstić information content (AvgIpc) is 3.24. The van der Waals surface area contributed by atoms with E-state index >= 15 is 0 Å². The molecule has 1 saturated heterocycles. The van der Waals surface area contributed by atoms with Crippen LogP contribution >= 0.6 is 23.2 Å². The van der Waals surface area contributed by atoms with Crippen molar-refractivity contribution in [3.8, 4) is 16.9 Å². The summed E-state index contributed by atoms with van der Waals surface area (Å²) in [4.78, 5) is 2.83. The molecular formula is C29H36Cl2N2O. The van der Waals surface area contributed by atoms with Crippen LogP contribution in [0.25, 0.3) is 11.1 Å². The average molecular weight is 500 g/mol. The van der Waals surface area contributed by atoms with Crippen molar-refractivity contribution in [1.82, 2.24) is 5.32 Å². The summed E-state index contributed by atoms with van der Waals surface area (Å²) in [5.74, 6) is 1.57. The molecule has 0 bridgehead atoms. The minimum atomic E-state index is 0.283. The van der Waals surface area contributed by atoms with E-state index in [1.54, 1.807) is 0 Å². The lowest BCUT2D eigenvalue weighted by atomic mass is 9.86. The number of halogens is 2. The van der Waals surface area contributed by atoms with Gasteiger partial charge in [0, 0.05) is 45.7 Å². The van der Waals surface area contributed by atoms with E-state index in [1.807, 2.05) is 12.1 Å². The van der Waals surface area contributed by atoms with Crippen LogP contribution in [0.2, 0.25) is 10.0 Å². The van der Waals surface area contributed by atoms with E-state index in [-0.39, 0.29) is 6.10 Å². The third-order valence-electron chi connectivity index (χ3n) is 8.64. The molecule has 3 fully saturated rings. The molecule has 2 aromatic rings. The number of piperidine rings is 1. The molecule has 2 unspecified atom stereocenters. The topological polar surface area (TPSA) is 24.5 Å². The summed E-state index contributed by atoms with van der Waals surface area (Å²) < 4.78 is 6.81. The highest BCUT2D eigenvalue weighted by Crippen LogP contribution is 2.51. The summed E-state index contributed by atoms with van der Waals surface area (Å²) in [5, 5.41) is 5.01. The quantitative estimate of drug-likeness (QED) is 0.462. The number of nitrogens with zero attached hydrogens (tertiary/aromatic N) is 1. The predicted molar refractivity (Wildman–Crippen MR) is 143 cm³/mol. The van der Waals surface area contributed by atoms with Gasteiger partial charge in [0.05, 0.1) is 5.69 Å². The van der Waals surface area contributed by atoms with Gasteiger partial charge in [-0.3, -0.25) is 0 Å². The lowest BCUT2D eigenvalue weighted by Crippen LogP contribution is -2.45. The molecule has 2 aliphatic carbocycles. The molecule has 0 spiro atoms. The molecule has 4 aliphatic rings. The second-order valence-electron chi connectivity index (χ2n) is 10.8. The number of anilines is 1. The Morgan fingerprint density at radius 2 is 1.53 bits per heavy atom. The van der Waals surface area contributed by atoms with E-state index in [0.29, 0.717) is 23.0 Å². The first-order valence-electron chi connectivity index (χ1n) is 13.5. The maximum Gasteiger partial charge on any atom is 0.146 e. The van der Waals surface area contributed by atoms with Gasteiger partial charge in [0.2, 0.25) is 0 Å².